The lowest BCUT2D eigenvalue weighted by atomic mass is 10.1. The zero-order valence-electron chi connectivity index (χ0n) is 14.2. The summed E-state index contributed by atoms with van der Waals surface area (Å²) in [6.07, 6.45) is 0.988. The van der Waals surface area contributed by atoms with E-state index in [-0.39, 0.29) is 12.7 Å². The van der Waals surface area contributed by atoms with Crippen LogP contribution in [0.3, 0.4) is 0 Å². The second-order valence-corrected chi connectivity index (χ2v) is 5.90. The minimum Gasteiger partial charge on any atom is -0.493 e. The molecule has 0 N–H and O–H groups in total. The van der Waals surface area contributed by atoms with Gasteiger partial charge in [0.15, 0.2) is 0 Å². The van der Waals surface area contributed by atoms with Crippen LogP contribution in [0.2, 0.25) is 0 Å². The molecule has 0 aliphatic carbocycles. The first-order chi connectivity index (χ1) is 12.1. The van der Waals surface area contributed by atoms with Gasteiger partial charge in [-0.2, -0.15) is 5.26 Å². The van der Waals surface area contributed by atoms with Crippen LogP contribution >= 0.6 is 0 Å². The van der Waals surface area contributed by atoms with E-state index in [0.29, 0.717) is 23.5 Å². The number of carbonyl (C=O) groups is 1. The summed E-state index contributed by atoms with van der Waals surface area (Å²) in [5.41, 5.74) is 2.79. The summed E-state index contributed by atoms with van der Waals surface area (Å²) in [5.74, 6) is 1.09. The van der Waals surface area contributed by atoms with Crippen molar-refractivity contribution in [1.82, 2.24) is 0 Å². The van der Waals surface area contributed by atoms with Gasteiger partial charge in [0.05, 0.1) is 23.8 Å². The third kappa shape index (κ3) is 3.74. The van der Waals surface area contributed by atoms with E-state index in [1.54, 1.807) is 24.3 Å². The van der Waals surface area contributed by atoms with Gasteiger partial charge in [-0.15, -0.1) is 0 Å². The zero-order valence-corrected chi connectivity index (χ0v) is 14.2. The van der Waals surface area contributed by atoms with Gasteiger partial charge in [-0.1, -0.05) is 0 Å². The molecule has 0 bridgehead atoms. The first kappa shape index (κ1) is 16.8. The minimum absolute atomic E-state index is 0.0964. The molecule has 1 aliphatic rings. The van der Waals surface area contributed by atoms with Gasteiger partial charge in [-0.05, 0) is 50.2 Å². The summed E-state index contributed by atoms with van der Waals surface area (Å²) in [7, 11) is 0. The molecular weight excluding hydrogens is 318 g/mol. The maximum absolute atomic E-state index is 12.2. The van der Waals surface area contributed by atoms with Crippen molar-refractivity contribution in [3.63, 3.8) is 0 Å². The summed E-state index contributed by atoms with van der Waals surface area (Å²) in [4.78, 5) is 12.2. The predicted molar refractivity (Wildman–Crippen MR) is 91.7 cm³/mol. The number of hydrogen-bond acceptors (Lipinski definition) is 5. The third-order valence-electron chi connectivity index (χ3n) is 3.99. The lowest BCUT2D eigenvalue weighted by molar-refractivity contribution is 0.0469. The monoisotopic (exact) mass is 337 g/mol. The third-order valence-corrected chi connectivity index (χ3v) is 3.99. The molecule has 0 radical (unpaired) electrons. The maximum Gasteiger partial charge on any atom is 0.338 e. The summed E-state index contributed by atoms with van der Waals surface area (Å²) in [6, 6.07) is 12.2. The molecule has 2 aromatic carbocycles. The summed E-state index contributed by atoms with van der Waals surface area (Å²) in [6.45, 7) is 4.56. The Labute approximate surface area is 146 Å². The Morgan fingerprint density at radius 1 is 1.32 bits per heavy atom. The summed E-state index contributed by atoms with van der Waals surface area (Å²) < 4.78 is 16.9. The number of ether oxygens (including phenoxy) is 3. The van der Waals surface area contributed by atoms with Crippen molar-refractivity contribution in [3.8, 4) is 17.6 Å². The van der Waals surface area contributed by atoms with Crippen molar-refractivity contribution in [2.75, 3.05) is 6.61 Å². The van der Waals surface area contributed by atoms with Gasteiger partial charge < -0.3 is 14.2 Å². The van der Waals surface area contributed by atoms with Crippen LogP contribution in [0.4, 0.5) is 0 Å². The number of esters is 1. The van der Waals surface area contributed by atoms with E-state index in [0.717, 1.165) is 23.3 Å². The van der Waals surface area contributed by atoms with Gasteiger partial charge in [0.25, 0.3) is 0 Å². The van der Waals surface area contributed by atoms with Crippen LogP contribution in [0.5, 0.6) is 11.5 Å². The highest BCUT2D eigenvalue weighted by atomic mass is 16.5. The number of rotatable bonds is 5. The Hall–Kier alpha value is -3.00. The summed E-state index contributed by atoms with van der Waals surface area (Å²) in [5, 5.41) is 8.80. The number of nitrogens with zero attached hydrogens (tertiary/aromatic N) is 1. The van der Waals surface area contributed by atoms with Gasteiger partial charge in [-0.25, -0.2) is 4.79 Å². The highest BCUT2D eigenvalue weighted by Gasteiger charge is 2.22. The Bertz CT molecular complexity index is 821. The molecule has 5 heteroatoms. The van der Waals surface area contributed by atoms with E-state index >= 15 is 0 Å². The Morgan fingerprint density at radius 2 is 2.08 bits per heavy atom. The smallest absolute Gasteiger partial charge is 0.338 e. The Balaban J connectivity index is 1.74. The van der Waals surface area contributed by atoms with Crippen LogP contribution in [-0.2, 0) is 17.8 Å². The minimum atomic E-state index is -0.443. The highest BCUT2D eigenvalue weighted by Crippen LogP contribution is 2.35. The SMILES string of the molecule is CCOc1cc2c(cc1COC(=O)c1ccc(C#N)cc1)OC(C)C2. The quantitative estimate of drug-likeness (QED) is 0.779. The maximum atomic E-state index is 12.2. The second kappa shape index (κ2) is 7.27. The predicted octanol–water partition coefficient (Wildman–Crippen LogP) is 3.64. The fourth-order valence-corrected chi connectivity index (χ4v) is 2.79. The Morgan fingerprint density at radius 3 is 2.76 bits per heavy atom. The van der Waals surface area contributed by atoms with E-state index < -0.39 is 5.97 Å². The van der Waals surface area contributed by atoms with Crippen LogP contribution in [0.15, 0.2) is 36.4 Å². The van der Waals surface area contributed by atoms with E-state index in [4.69, 9.17) is 19.5 Å². The van der Waals surface area contributed by atoms with Crippen LogP contribution in [0, 0.1) is 11.3 Å². The molecule has 0 saturated heterocycles. The molecule has 3 rings (SSSR count). The first-order valence-corrected chi connectivity index (χ1v) is 8.23. The average Bonchev–Trinajstić information content (AvgIpc) is 2.98. The number of benzene rings is 2. The molecule has 1 aliphatic heterocycles. The fraction of sp³-hybridized carbons (Fsp3) is 0.300. The molecule has 1 unspecified atom stereocenters. The molecule has 1 atom stereocenters. The van der Waals surface area contributed by atoms with Crippen molar-refractivity contribution < 1.29 is 19.0 Å². The lowest BCUT2D eigenvalue weighted by Gasteiger charge is -2.13. The Kier molecular flexibility index (Phi) is 4.90. The zero-order chi connectivity index (χ0) is 17.8. The molecule has 128 valence electrons. The first-order valence-electron chi connectivity index (χ1n) is 8.23. The number of carbonyl (C=O) groups excluding carboxylic acids is 1. The van der Waals surface area contributed by atoms with Crippen LogP contribution < -0.4 is 9.47 Å². The van der Waals surface area contributed by atoms with Crippen LogP contribution in [0.25, 0.3) is 0 Å². The number of nitriles is 1. The van der Waals surface area contributed by atoms with Crippen molar-refractivity contribution >= 4 is 5.97 Å². The molecule has 0 amide bonds. The molecule has 1 heterocycles. The molecule has 5 nitrogen and oxygen atoms in total. The van der Waals surface area contributed by atoms with E-state index in [1.165, 1.54) is 0 Å². The van der Waals surface area contributed by atoms with Crippen molar-refractivity contribution in [1.29, 1.82) is 5.26 Å². The van der Waals surface area contributed by atoms with Crippen LogP contribution in [0.1, 0.15) is 40.9 Å². The molecule has 0 saturated carbocycles. The topological polar surface area (TPSA) is 68.5 Å². The van der Waals surface area contributed by atoms with Crippen LogP contribution in [-0.4, -0.2) is 18.7 Å². The van der Waals surface area contributed by atoms with Crippen molar-refractivity contribution in [3.05, 3.63) is 58.7 Å². The van der Waals surface area contributed by atoms with E-state index in [1.807, 2.05) is 32.0 Å². The number of fused-ring (bicyclic) bond motifs is 1. The summed E-state index contributed by atoms with van der Waals surface area (Å²) >= 11 is 0. The fourth-order valence-electron chi connectivity index (χ4n) is 2.79. The average molecular weight is 337 g/mol. The molecule has 2 aromatic rings. The molecule has 0 fully saturated rings. The van der Waals surface area contributed by atoms with E-state index in [9.17, 15) is 4.79 Å². The van der Waals surface area contributed by atoms with Crippen molar-refractivity contribution in [2.45, 2.75) is 33.0 Å². The molecular formula is C20H19NO4. The van der Waals surface area contributed by atoms with Gasteiger partial charge >= 0.3 is 5.97 Å². The molecule has 25 heavy (non-hydrogen) atoms. The lowest BCUT2D eigenvalue weighted by Crippen LogP contribution is -2.07. The van der Waals surface area contributed by atoms with Gasteiger partial charge in [0, 0.05) is 17.5 Å². The number of hydrogen-bond donors (Lipinski definition) is 0. The molecule has 0 spiro atoms. The van der Waals surface area contributed by atoms with Crippen molar-refractivity contribution in [2.24, 2.45) is 0 Å². The van der Waals surface area contributed by atoms with Gasteiger partial charge in [0.1, 0.15) is 24.2 Å². The van der Waals surface area contributed by atoms with Gasteiger partial charge in [-0.3, -0.25) is 0 Å². The standard InChI is InChI=1S/C20H19NO4/c1-3-23-18-9-16-8-13(2)25-19(16)10-17(18)12-24-20(22)15-6-4-14(11-21)5-7-15/h4-7,9-10,13H,3,8,12H2,1-2H3. The normalized spacial score (nSPS) is 15.0. The van der Waals surface area contributed by atoms with Gasteiger partial charge in [0.2, 0.25) is 0 Å². The second-order valence-electron chi connectivity index (χ2n) is 5.90. The molecule has 0 aromatic heterocycles. The highest BCUT2D eigenvalue weighted by molar-refractivity contribution is 5.89. The van der Waals surface area contributed by atoms with E-state index in [2.05, 4.69) is 0 Å². The largest absolute Gasteiger partial charge is 0.493 e.